The molecule has 1 aliphatic carbocycles. The number of unbranched alkanes of at least 4 members (excludes halogenated alkanes) is 7. The first-order valence-electron chi connectivity index (χ1n) is 9.06. The van der Waals surface area contributed by atoms with Crippen molar-refractivity contribution >= 4 is 11.6 Å². The summed E-state index contributed by atoms with van der Waals surface area (Å²) >= 11 is 0. The molecule has 1 saturated carbocycles. The third-order valence-corrected chi connectivity index (χ3v) is 4.34. The molecule has 0 aromatic carbocycles. The molecule has 1 fully saturated rings. The van der Waals surface area contributed by atoms with E-state index in [0.717, 1.165) is 25.2 Å². The van der Waals surface area contributed by atoms with E-state index in [1.54, 1.807) is 0 Å². The van der Waals surface area contributed by atoms with E-state index in [1.165, 1.54) is 63.5 Å². The molecule has 0 aliphatic heterocycles. The zero-order chi connectivity index (χ0) is 15.3. The summed E-state index contributed by atoms with van der Waals surface area (Å²) in [5.41, 5.74) is 3.92. The molecule has 122 valence electrons. The Bertz CT molecular complexity index is 312. The van der Waals surface area contributed by atoms with Gasteiger partial charge in [-0.05, 0) is 38.0 Å². The average molecular weight is 294 g/mol. The highest BCUT2D eigenvalue weighted by molar-refractivity contribution is 5.87. The summed E-state index contributed by atoms with van der Waals surface area (Å²) in [6.07, 6.45) is 15.4. The maximum Gasteiger partial charge on any atom is 0.240 e. The molecule has 1 aliphatic rings. The minimum absolute atomic E-state index is 0.0895. The average Bonchev–Trinajstić information content (AvgIpc) is 2.48. The van der Waals surface area contributed by atoms with Gasteiger partial charge in [0, 0.05) is 12.1 Å². The highest BCUT2D eigenvalue weighted by Crippen LogP contribution is 2.20. The van der Waals surface area contributed by atoms with Crippen LogP contribution in [0.25, 0.3) is 0 Å². The van der Waals surface area contributed by atoms with Crippen molar-refractivity contribution in [2.45, 2.75) is 97.3 Å². The molecule has 1 rings (SSSR count). The van der Waals surface area contributed by atoms with Crippen LogP contribution in [0, 0.1) is 5.92 Å². The molecule has 0 spiro atoms. The third-order valence-electron chi connectivity index (χ3n) is 4.34. The van der Waals surface area contributed by atoms with Crippen molar-refractivity contribution in [1.82, 2.24) is 5.43 Å². The fraction of sp³-hybridized carbons (Fsp3) is 0.889. The number of amides is 1. The fourth-order valence-electron chi connectivity index (χ4n) is 2.98. The van der Waals surface area contributed by atoms with E-state index in [2.05, 4.69) is 24.4 Å². The molecule has 1 N–H and O–H groups in total. The second kappa shape index (κ2) is 11.8. The van der Waals surface area contributed by atoms with E-state index in [0.29, 0.717) is 6.42 Å². The van der Waals surface area contributed by atoms with Gasteiger partial charge in [0.25, 0.3) is 0 Å². The SMILES string of the molecule is CCCCCCCCCCC(=O)N/N=C1\CCCC(C)C1. The molecule has 0 heterocycles. The maximum absolute atomic E-state index is 11.7. The van der Waals surface area contributed by atoms with Gasteiger partial charge in [-0.15, -0.1) is 0 Å². The van der Waals surface area contributed by atoms with E-state index >= 15 is 0 Å². The van der Waals surface area contributed by atoms with Gasteiger partial charge >= 0.3 is 0 Å². The van der Waals surface area contributed by atoms with Crippen molar-refractivity contribution < 1.29 is 4.79 Å². The Hall–Kier alpha value is -0.860. The maximum atomic E-state index is 11.7. The first-order chi connectivity index (χ1) is 10.2. The zero-order valence-electron chi connectivity index (χ0n) is 14.1. The topological polar surface area (TPSA) is 41.5 Å². The smallest absolute Gasteiger partial charge is 0.240 e. The van der Waals surface area contributed by atoms with Crippen LogP contribution in [-0.2, 0) is 4.79 Å². The molecular weight excluding hydrogens is 260 g/mol. The molecule has 0 aromatic rings. The standard InChI is InChI=1S/C18H34N2O/c1-3-4-5-6-7-8-9-10-14-18(21)20-19-17-13-11-12-16(2)15-17/h16H,3-15H2,1-2H3,(H,20,21)/b19-17+. The van der Waals surface area contributed by atoms with Gasteiger partial charge in [0.05, 0.1) is 0 Å². The minimum atomic E-state index is 0.0895. The Labute approximate surface area is 131 Å². The fourth-order valence-corrected chi connectivity index (χ4v) is 2.98. The third kappa shape index (κ3) is 9.65. The van der Waals surface area contributed by atoms with Crippen LogP contribution in [0.2, 0.25) is 0 Å². The Morgan fingerprint density at radius 2 is 1.81 bits per heavy atom. The lowest BCUT2D eigenvalue weighted by Gasteiger charge is -2.18. The molecule has 0 radical (unpaired) electrons. The molecule has 0 bridgehead atoms. The number of carbonyl (C=O) groups excluding carboxylic acids is 1. The number of carbonyl (C=O) groups is 1. The number of hydrazone groups is 1. The van der Waals surface area contributed by atoms with Gasteiger partial charge in [-0.25, -0.2) is 5.43 Å². The highest BCUT2D eigenvalue weighted by atomic mass is 16.2. The van der Waals surface area contributed by atoms with Crippen LogP contribution < -0.4 is 5.43 Å². The lowest BCUT2D eigenvalue weighted by atomic mass is 9.89. The molecule has 1 amide bonds. The molecule has 1 atom stereocenters. The van der Waals surface area contributed by atoms with E-state index in [-0.39, 0.29) is 5.91 Å². The lowest BCUT2D eigenvalue weighted by Crippen LogP contribution is -2.21. The van der Waals surface area contributed by atoms with E-state index in [4.69, 9.17) is 0 Å². The van der Waals surface area contributed by atoms with Crippen LogP contribution in [0.4, 0.5) is 0 Å². The van der Waals surface area contributed by atoms with Crippen LogP contribution >= 0.6 is 0 Å². The summed E-state index contributed by atoms with van der Waals surface area (Å²) < 4.78 is 0. The van der Waals surface area contributed by atoms with Crippen molar-refractivity contribution in [2.75, 3.05) is 0 Å². The summed E-state index contributed by atoms with van der Waals surface area (Å²) in [6, 6.07) is 0. The number of rotatable bonds is 10. The zero-order valence-corrected chi connectivity index (χ0v) is 14.1. The van der Waals surface area contributed by atoms with Gasteiger partial charge in [0.2, 0.25) is 5.91 Å². The van der Waals surface area contributed by atoms with Gasteiger partial charge in [-0.3, -0.25) is 4.79 Å². The minimum Gasteiger partial charge on any atom is -0.273 e. The summed E-state index contributed by atoms with van der Waals surface area (Å²) in [5.74, 6) is 0.814. The largest absolute Gasteiger partial charge is 0.273 e. The van der Waals surface area contributed by atoms with Crippen molar-refractivity contribution in [3.8, 4) is 0 Å². The molecular formula is C18H34N2O. The highest BCUT2D eigenvalue weighted by Gasteiger charge is 2.14. The van der Waals surface area contributed by atoms with Gasteiger partial charge in [0.1, 0.15) is 0 Å². The number of nitrogens with zero attached hydrogens (tertiary/aromatic N) is 1. The second-order valence-electron chi connectivity index (χ2n) is 6.64. The first kappa shape index (κ1) is 18.2. The predicted molar refractivity (Wildman–Crippen MR) is 90.4 cm³/mol. The van der Waals surface area contributed by atoms with E-state index in [1.807, 2.05) is 0 Å². The summed E-state index contributed by atoms with van der Waals surface area (Å²) in [5, 5.41) is 4.30. The van der Waals surface area contributed by atoms with Gasteiger partial charge < -0.3 is 0 Å². The van der Waals surface area contributed by atoms with Crippen molar-refractivity contribution in [3.05, 3.63) is 0 Å². The normalized spacial score (nSPS) is 20.7. The van der Waals surface area contributed by atoms with Crippen LogP contribution in [0.15, 0.2) is 5.10 Å². The van der Waals surface area contributed by atoms with Crippen LogP contribution in [0.5, 0.6) is 0 Å². The molecule has 1 unspecified atom stereocenters. The second-order valence-corrected chi connectivity index (χ2v) is 6.64. The van der Waals surface area contributed by atoms with Crippen LogP contribution in [0.1, 0.15) is 97.3 Å². The predicted octanol–water partition coefficient (Wildman–Crippen LogP) is 5.20. The van der Waals surface area contributed by atoms with Gasteiger partial charge in [0.15, 0.2) is 0 Å². The first-order valence-corrected chi connectivity index (χ1v) is 9.06. The molecule has 3 heteroatoms. The molecule has 21 heavy (non-hydrogen) atoms. The summed E-state index contributed by atoms with van der Waals surface area (Å²) in [6.45, 7) is 4.51. The van der Waals surface area contributed by atoms with Gasteiger partial charge in [-0.2, -0.15) is 5.10 Å². The summed E-state index contributed by atoms with van der Waals surface area (Å²) in [4.78, 5) is 11.7. The van der Waals surface area contributed by atoms with E-state index in [9.17, 15) is 4.79 Å². The Morgan fingerprint density at radius 1 is 1.14 bits per heavy atom. The Morgan fingerprint density at radius 3 is 2.48 bits per heavy atom. The summed E-state index contributed by atoms with van der Waals surface area (Å²) in [7, 11) is 0. The quantitative estimate of drug-likeness (QED) is 0.436. The van der Waals surface area contributed by atoms with Crippen molar-refractivity contribution in [1.29, 1.82) is 0 Å². The Balaban J connectivity index is 1.97. The molecule has 0 aromatic heterocycles. The van der Waals surface area contributed by atoms with Crippen LogP contribution in [0.3, 0.4) is 0 Å². The molecule has 3 nitrogen and oxygen atoms in total. The van der Waals surface area contributed by atoms with Crippen LogP contribution in [-0.4, -0.2) is 11.6 Å². The monoisotopic (exact) mass is 294 g/mol. The number of hydrogen-bond acceptors (Lipinski definition) is 2. The van der Waals surface area contributed by atoms with Crippen molar-refractivity contribution in [2.24, 2.45) is 11.0 Å². The number of hydrogen-bond donors (Lipinski definition) is 1. The number of nitrogens with one attached hydrogen (secondary N) is 1. The molecule has 0 saturated heterocycles. The Kier molecular flexibility index (Phi) is 10.2. The van der Waals surface area contributed by atoms with E-state index < -0.39 is 0 Å². The van der Waals surface area contributed by atoms with Crippen molar-refractivity contribution in [3.63, 3.8) is 0 Å². The lowest BCUT2D eigenvalue weighted by molar-refractivity contribution is -0.121. The van der Waals surface area contributed by atoms with Gasteiger partial charge in [-0.1, -0.05) is 58.8 Å².